The van der Waals surface area contributed by atoms with Crippen LogP contribution in [-0.4, -0.2) is 41.2 Å². The Balaban J connectivity index is 2.22. The zero-order chi connectivity index (χ0) is 20.1. The van der Waals surface area contributed by atoms with Crippen LogP contribution in [0.15, 0.2) is 35.6 Å². The molecule has 1 aliphatic heterocycles. The molecule has 1 aromatic carbocycles. The van der Waals surface area contributed by atoms with E-state index in [2.05, 4.69) is 9.47 Å². The molecule has 1 aliphatic carbocycles. The van der Waals surface area contributed by atoms with Gasteiger partial charge in [0.2, 0.25) is 5.78 Å². The number of halogens is 3. The molecule has 0 spiro atoms. The van der Waals surface area contributed by atoms with Crippen molar-refractivity contribution in [3.8, 4) is 0 Å². The van der Waals surface area contributed by atoms with Crippen molar-refractivity contribution < 1.29 is 42.1 Å². The minimum absolute atomic E-state index is 0.00300. The maximum absolute atomic E-state index is 13.6. The zero-order valence-electron chi connectivity index (χ0n) is 14.3. The van der Waals surface area contributed by atoms with Crippen LogP contribution >= 0.6 is 0 Å². The molecule has 0 unspecified atom stereocenters. The normalized spacial score (nSPS) is 27.6. The van der Waals surface area contributed by atoms with Gasteiger partial charge in [0.15, 0.2) is 11.5 Å². The molecule has 3 atom stereocenters. The highest BCUT2D eigenvalue weighted by molar-refractivity contribution is 6.26. The number of esters is 1. The van der Waals surface area contributed by atoms with Gasteiger partial charge >= 0.3 is 17.9 Å². The van der Waals surface area contributed by atoms with Gasteiger partial charge in [0, 0.05) is 17.0 Å². The van der Waals surface area contributed by atoms with Crippen LogP contribution in [0, 0.1) is 11.8 Å². The van der Waals surface area contributed by atoms with Crippen LogP contribution < -0.4 is 0 Å². The van der Waals surface area contributed by atoms with Gasteiger partial charge < -0.3 is 14.6 Å². The van der Waals surface area contributed by atoms with E-state index in [9.17, 15) is 32.7 Å². The van der Waals surface area contributed by atoms with Crippen LogP contribution in [-0.2, 0) is 14.3 Å². The first-order chi connectivity index (χ1) is 12.5. The fourth-order valence-corrected chi connectivity index (χ4v) is 3.44. The van der Waals surface area contributed by atoms with Crippen molar-refractivity contribution in [2.75, 3.05) is 6.61 Å². The smallest absolute Gasteiger partial charge is 0.456 e. The molecule has 27 heavy (non-hydrogen) atoms. The van der Waals surface area contributed by atoms with Crippen molar-refractivity contribution in [3.05, 3.63) is 46.7 Å². The number of fused-ring (bicyclic) bond motifs is 1. The first-order valence-electron chi connectivity index (χ1n) is 8.12. The number of Topliss-reactive ketones (excluding diaryl/α,β-unsaturated/α-hetero) is 2. The van der Waals surface area contributed by atoms with Crippen molar-refractivity contribution in [2.24, 2.45) is 11.8 Å². The van der Waals surface area contributed by atoms with Gasteiger partial charge in [-0.25, -0.2) is 0 Å². The van der Waals surface area contributed by atoms with Gasteiger partial charge in [-0.2, -0.15) is 13.2 Å². The monoisotopic (exact) mass is 384 g/mol. The van der Waals surface area contributed by atoms with Crippen LogP contribution in [0.25, 0.3) is 0 Å². The van der Waals surface area contributed by atoms with E-state index in [4.69, 9.17) is 0 Å². The van der Waals surface area contributed by atoms with E-state index in [0.717, 1.165) is 6.92 Å². The van der Waals surface area contributed by atoms with Crippen LogP contribution in [0.5, 0.6) is 0 Å². The number of carbonyl (C=O) groups excluding carboxylic acids is 3. The summed E-state index contributed by atoms with van der Waals surface area (Å²) < 4.78 is 50.2. The second kappa shape index (κ2) is 6.19. The summed E-state index contributed by atoms with van der Waals surface area (Å²) >= 11 is 0. The van der Waals surface area contributed by atoms with Gasteiger partial charge in [0.1, 0.15) is 5.92 Å². The molecule has 144 valence electrons. The van der Waals surface area contributed by atoms with Gasteiger partial charge in [0.05, 0.1) is 12.2 Å². The average Bonchev–Trinajstić information content (AvgIpc) is 2.58. The second-order valence-corrected chi connectivity index (χ2v) is 6.26. The minimum Gasteiger partial charge on any atom is -0.466 e. The highest BCUT2D eigenvalue weighted by Gasteiger charge is 2.69. The summed E-state index contributed by atoms with van der Waals surface area (Å²) in [4.78, 5) is 37.6. The maximum Gasteiger partial charge on any atom is 0.456 e. The van der Waals surface area contributed by atoms with E-state index in [1.165, 1.54) is 31.2 Å². The molecule has 0 fully saturated rings. The quantitative estimate of drug-likeness (QED) is 0.788. The fraction of sp³-hybridized carbons (Fsp3) is 0.389. The summed E-state index contributed by atoms with van der Waals surface area (Å²) in [5.74, 6) is -11.7. The summed E-state index contributed by atoms with van der Waals surface area (Å²) in [7, 11) is 0. The number of ether oxygens (including phenoxy) is 2. The lowest BCUT2D eigenvalue weighted by Crippen LogP contribution is -2.61. The Hall–Kier alpha value is -2.68. The van der Waals surface area contributed by atoms with Crippen LogP contribution in [0.3, 0.4) is 0 Å². The largest absolute Gasteiger partial charge is 0.466 e. The molecule has 0 aromatic heterocycles. The topological polar surface area (TPSA) is 89.9 Å². The standard InChI is InChI=1S/C18H15F3O6/c1-3-26-16(24)12-8(2)11-13(22)9-6-4-5-7-10(9)14(23)15(11)27-17(12,25)18(19,20)21/h4-8,12,25H,3H2,1-2H3/t8-,12-,17+/m0/s1. The number of rotatable bonds is 2. The van der Waals surface area contributed by atoms with Gasteiger partial charge in [-0.15, -0.1) is 0 Å². The highest BCUT2D eigenvalue weighted by atomic mass is 19.4. The number of allylic oxidation sites excluding steroid dienone is 2. The molecule has 1 N–H and O–H groups in total. The highest BCUT2D eigenvalue weighted by Crippen LogP contribution is 2.50. The van der Waals surface area contributed by atoms with E-state index in [0.29, 0.717) is 0 Å². The lowest BCUT2D eigenvalue weighted by Gasteiger charge is -2.44. The van der Waals surface area contributed by atoms with Gasteiger partial charge in [-0.1, -0.05) is 31.2 Å². The molecule has 1 aromatic rings. The molecular formula is C18H15F3O6. The van der Waals surface area contributed by atoms with Crippen molar-refractivity contribution in [3.63, 3.8) is 0 Å². The Morgan fingerprint density at radius 2 is 1.78 bits per heavy atom. The first kappa shape index (κ1) is 19.1. The van der Waals surface area contributed by atoms with Crippen molar-refractivity contribution >= 4 is 17.5 Å². The van der Waals surface area contributed by atoms with E-state index in [1.54, 1.807) is 0 Å². The van der Waals surface area contributed by atoms with E-state index in [-0.39, 0.29) is 23.3 Å². The number of aliphatic hydroxyl groups is 1. The number of ketones is 2. The SMILES string of the molecule is CCOC(=O)[C@@H]1[C@@H](C)C2=C(O[C@@]1(O)C(F)(F)F)C(=O)c1ccccc1C2=O. The molecule has 3 rings (SSSR count). The Bertz CT molecular complexity index is 872. The van der Waals surface area contributed by atoms with Gasteiger partial charge in [0.25, 0.3) is 0 Å². The predicted molar refractivity (Wildman–Crippen MR) is 83.5 cm³/mol. The summed E-state index contributed by atoms with van der Waals surface area (Å²) in [6, 6.07) is 5.57. The Morgan fingerprint density at radius 1 is 1.22 bits per heavy atom. The molecule has 0 saturated carbocycles. The molecule has 0 radical (unpaired) electrons. The third-order valence-electron chi connectivity index (χ3n) is 4.69. The predicted octanol–water partition coefficient (Wildman–Crippen LogP) is 2.42. The van der Waals surface area contributed by atoms with E-state index < -0.39 is 47.1 Å². The van der Waals surface area contributed by atoms with Crippen molar-refractivity contribution in [1.82, 2.24) is 0 Å². The molecule has 1 heterocycles. The van der Waals surface area contributed by atoms with Crippen molar-refractivity contribution in [2.45, 2.75) is 25.8 Å². The summed E-state index contributed by atoms with van der Waals surface area (Å²) in [6.45, 7) is 2.29. The summed E-state index contributed by atoms with van der Waals surface area (Å²) in [5.41, 5.74) is -0.519. The lowest BCUT2D eigenvalue weighted by molar-refractivity contribution is -0.377. The number of hydrogen-bond acceptors (Lipinski definition) is 6. The molecule has 2 aliphatic rings. The Labute approximate surface area is 151 Å². The Morgan fingerprint density at radius 3 is 2.30 bits per heavy atom. The summed E-state index contributed by atoms with van der Waals surface area (Å²) in [5, 5.41) is 10.3. The molecule has 0 amide bonds. The third-order valence-corrected chi connectivity index (χ3v) is 4.69. The molecule has 0 saturated heterocycles. The van der Waals surface area contributed by atoms with Crippen LogP contribution in [0.2, 0.25) is 0 Å². The molecular weight excluding hydrogens is 369 g/mol. The third kappa shape index (κ3) is 2.64. The summed E-state index contributed by atoms with van der Waals surface area (Å²) in [6.07, 6.45) is -5.42. The zero-order valence-corrected chi connectivity index (χ0v) is 14.3. The minimum atomic E-state index is -5.42. The van der Waals surface area contributed by atoms with Gasteiger partial charge in [-0.3, -0.25) is 14.4 Å². The first-order valence-corrected chi connectivity index (χ1v) is 8.12. The van der Waals surface area contributed by atoms with Crippen molar-refractivity contribution in [1.29, 1.82) is 0 Å². The number of hydrogen-bond donors (Lipinski definition) is 1. The number of carbonyl (C=O) groups is 3. The molecule has 0 bridgehead atoms. The van der Waals surface area contributed by atoms with E-state index >= 15 is 0 Å². The number of benzene rings is 1. The molecule has 6 nitrogen and oxygen atoms in total. The maximum atomic E-state index is 13.6. The average molecular weight is 384 g/mol. The van der Waals surface area contributed by atoms with Gasteiger partial charge in [-0.05, 0) is 6.92 Å². The van der Waals surface area contributed by atoms with Crippen LogP contribution in [0.4, 0.5) is 13.2 Å². The van der Waals surface area contributed by atoms with E-state index in [1.807, 2.05) is 0 Å². The molecule has 9 heteroatoms. The lowest BCUT2D eigenvalue weighted by atomic mass is 9.72. The Kier molecular flexibility index (Phi) is 4.38. The van der Waals surface area contributed by atoms with Crippen LogP contribution in [0.1, 0.15) is 34.6 Å². The fourth-order valence-electron chi connectivity index (χ4n) is 3.44. The number of alkyl halides is 3. The second-order valence-electron chi connectivity index (χ2n) is 6.26.